The molecule has 1 aliphatic carbocycles. The van der Waals surface area contributed by atoms with Crippen LogP contribution in [-0.4, -0.2) is 40.3 Å². The SMILES string of the molecule is COc1cc2c(cc1OC)[C@@H](NC(=O)CCCn1cnnn1)CC2. The van der Waals surface area contributed by atoms with Crippen LogP contribution >= 0.6 is 0 Å². The van der Waals surface area contributed by atoms with Crippen LogP contribution in [0.4, 0.5) is 0 Å². The van der Waals surface area contributed by atoms with E-state index in [0.29, 0.717) is 25.1 Å². The van der Waals surface area contributed by atoms with Crippen molar-refractivity contribution in [1.82, 2.24) is 25.5 Å². The van der Waals surface area contributed by atoms with Gasteiger partial charge >= 0.3 is 0 Å². The lowest BCUT2D eigenvalue weighted by Gasteiger charge is -2.16. The molecule has 2 aromatic rings. The van der Waals surface area contributed by atoms with Gasteiger partial charge in [0.25, 0.3) is 0 Å². The van der Waals surface area contributed by atoms with Crippen LogP contribution in [0.25, 0.3) is 0 Å². The Kier molecular flexibility index (Phi) is 4.93. The number of amides is 1. The van der Waals surface area contributed by atoms with Gasteiger partial charge in [0.15, 0.2) is 11.5 Å². The largest absolute Gasteiger partial charge is 0.493 e. The molecule has 0 bridgehead atoms. The van der Waals surface area contributed by atoms with Gasteiger partial charge in [-0.25, -0.2) is 4.68 Å². The maximum Gasteiger partial charge on any atom is 0.220 e. The van der Waals surface area contributed by atoms with E-state index in [1.807, 2.05) is 12.1 Å². The summed E-state index contributed by atoms with van der Waals surface area (Å²) >= 11 is 0. The normalized spacial score (nSPS) is 15.8. The van der Waals surface area contributed by atoms with E-state index < -0.39 is 0 Å². The highest BCUT2D eigenvalue weighted by atomic mass is 16.5. The predicted molar refractivity (Wildman–Crippen MR) is 85.8 cm³/mol. The maximum atomic E-state index is 12.2. The minimum atomic E-state index is 0.0281. The summed E-state index contributed by atoms with van der Waals surface area (Å²) in [6.45, 7) is 0.632. The van der Waals surface area contributed by atoms with Gasteiger partial charge in [-0.3, -0.25) is 4.79 Å². The van der Waals surface area contributed by atoms with Crippen LogP contribution in [0.1, 0.15) is 36.4 Å². The van der Waals surface area contributed by atoms with E-state index in [0.717, 1.165) is 24.2 Å². The van der Waals surface area contributed by atoms with E-state index in [1.54, 1.807) is 25.2 Å². The molecule has 1 heterocycles. The van der Waals surface area contributed by atoms with Gasteiger partial charge in [-0.05, 0) is 52.9 Å². The predicted octanol–water partition coefficient (Wildman–Crippen LogP) is 1.27. The molecule has 1 aromatic carbocycles. The van der Waals surface area contributed by atoms with Crippen LogP contribution in [0, 0.1) is 0 Å². The number of nitrogens with one attached hydrogen (secondary N) is 1. The second kappa shape index (κ2) is 7.29. The van der Waals surface area contributed by atoms with Crippen LogP contribution in [-0.2, 0) is 17.8 Å². The molecule has 0 saturated heterocycles. The van der Waals surface area contributed by atoms with Crippen molar-refractivity contribution in [2.45, 2.75) is 38.3 Å². The van der Waals surface area contributed by atoms with Crippen LogP contribution in [0.5, 0.6) is 11.5 Å². The number of tetrazole rings is 1. The number of aryl methyl sites for hydroxylation is 2. The summed E-state index contributed by atoms with van der Waals surface area (Å²) in [7, 11) is 3.24. The van der Waals surface area contributed by atoms with Gasteiger partial charge in [-0.15, -0.1) is 5.10 Å². The molecule has 24 heavy (non-hydrogen) atoms. The topological polar surface area (TPSA) is 91.2 Å². The van der Waals surface area contributed by atoms with Crippen molar-refractivity contribution < 1.29 is 14.3 Å². The summed E-state index contributed by atoms with van der Waals surface area (Å²) in [4.78, 5) is 12.2. The summed E-state index contributed by atoms with van der Waals surface area (Å²) in [5.41, 5.74) is 2.31. The third kappa shape index (κ3) is 3.47. The van der Waals surface area contributed by atoms with E-state index in [4.69, 9.17) is 9.47 Å². The van der Waals surface area contributed by atoms with Crippen molar-refractivity contribution in [1.29, 1.82) is 0 Å². The number of carbonyl (C=O) groups is 1. The Morgan fingerprint density at radius 2 is 2.12 bits per heavy atom. The number of nitrogens with zero attached hydrogens (tertiary/aromatic N) is 4. The standard InChI is InChI=1S/C16H21N5O3/c1-23-14-8-11-5-6-13(12(11)9-15(14)24-2)18-16(22)4-3-7-21-10-17-19-20-21/h8-10,13H,3-7H2,1-2H3,(H,18,22)/t13-/m0/s1. The summed E-state index contributed by atoms with van der Waals surface area (Å²) in [5, 5.41) is 14.0. The second-order valence-electron chi connectivity index (χ2n) is 5.74. The first kappa shape index (κ1) is 16.2. The molecule has 3 rings (SSSR count). The Labute approximate surface area is 140 Å². The van der Waals surface area contributed by atoms with Crippen molar-refractivity contribution in [2.24, 2.45) is 0 Å². The van der Waals surface area contributed by atoms with Crippen molar-refractivity contribution in [3.63, 3.8) is 0 Å². The van der Waals surface area contributed by atoms with E-state index >= 15 is 0 Å². The quantitative estimate of drug-likeness (QED) is 0.822. The molecule has 8 heteroatoms. The average Bonchev–Trinajstić information content (AvgIpc) is 3.23. The molecule has 8 nitrogen and oxygen atoms in total. The number of carbonyl (C=O) groups excluding carboxylic acids is 1. The van der Waals surface area contributed by atoms with Gasteiger partial charge in [-0.1, -0.05) is 0 Å². The zero-order chi connectivity index (χ0) is 16.9. The zero-order valence-electron chi connectivity index (χ0n) is 13.9. The minimum Gasteiger partial charge on any atom is -0.493 e. The molecule has 1 atom stereocenters. The third-order valence-corrected chi connectivity index (χ3v) is 4.24. The fourth-order valence-corrected chi connectivity index (χ4v) is 3.03. The fraction of sp³-hybridized carbons (Fsp3) is 0.500. The van der Waals surface area contributed by atoms with Crippen LogP contribution in [0.3, 0.4) is 0 Å². The van der Waals surface area contributed by atoms with E-state index in [1.165, 1.54) is 5.56 Å². The first-order valence-corrected chi connectivity index (χ1v) is 7.96. The molecule has 128 valence electrons. The number of rotatable bonds is 7. The molecule has 0 aliphatic heterocycles. The third-order valence-electron chi connectivity index (χ3n) is 4.24. The monoisotopic (exact) mass is 331 g/mol. The van der Waals surface area contributed by atoms with E-state index in [9.17, 15) is 4.79 Å². The molecule has 0 radical (unpaired) electrons. The summed E-state index contributed by atoms with van der Waals surface area (Å²) in [6.07, 6.45) is 4.50. The van der Waals surface area contributed by atoms with Crippen LogP contribution < -0.4 is 14.8 Å². The molecule has 0 saturated carbocycles. The highest BCUT2D eigenvalue weighted by Crippen LogP contribution is 2.39. The molecular weight excluding hydrogens is 310 g/mol. The van der Waals surface area contributed by atoms with Gasteiger partial charge in [0.1, 0.15) is 6.33 Å². The molecule has 1 aromatic heterocycles. The number of aromatic nitrogens is 4. The van der Waals surface area contributed by atoms with Crippen molar-refractivity contribution in [2.75, 3.05) is 14.2 Å². The Morgan fingerprint density at radius 1 is 1.33 bits per heavy atom. The Morgan fingerprint density at radius 3 is 2.83 bits per heavy atom. The summed E-state index contributed by atoms with van der Waals surface area (Å²) in [5.74, 6) is 1.46. The van der Waals surface area contributed by atoms with Gasteiger partial charge in [-0.2, -0.15) is 0 Å². The number of ether oxygens (including phenoxy) is 2. The lowest BCUT2D eigenvalue weighted by Crippen LogP contribution is -2.27. The van der Waals surface area contributed by atoms with Crippen LogP contribution in [0.2, 0.25) is 0 Å². The van der Waals surface area contributed by atoms with E-state index in [-0.39, 0.29) is 11.9 Å². The smallest absolute Gasteiger partial charge is 0.220 e. The van der Waals surface area contributed by atoms with Crippen LogP contribution in [0.15, 0.2) is 18.5 Å². The van der Waals surface area contributed by atoms with E-state index in [2.05, 4.69) is 20.8 Å². The molecule has 1 aliphatic rings. The maximum absolute atomic E-state index is 12.2. The summed E-state index contributed by atoms with van der Waals surface area (Å²) in [6, 6.07) is 3.99. The molecule has 0 unspecified atom stereocenters. The lowest BCUT2D eigenvalue weighted by molar-refractivity contribution is -0.122. The molecule has 1 N–H and O–H groups in total. The number of fused-ring (bicyclic) bond motifs is 1. The van der Waals surface area contributed by atoms with Crippen molar-refractivity contribution in [3.8, 4) is 11.5 Å². The van der Waals surface area contributed by atoms with Gasteiger partial charge in [0.2, 0.25) is 5.91 Å². The molecule has 0 fully saturated rings. The fourth-order valence-electron chi connectivity index (χ4n) is 3.03. The van der Waals surface area contributed by atoms with Gasteiger partial charge in [0, 0.05) is 13.0 Å². The lowest BCUT2D eigenvalue weighted by atomic mass is 10.1. The Balaban J connectivity index is 1.58. The number of methoxy groups -OCH3 is 2. The Bertz CT molecular complexity index is 702. The second-order valence-corrected chi connectivity index (χ2v) is 5.74. The first-order chi connectivity index (χ1) is 11.7. The van der Waals surface area contributed by atoms with Crippen molar-refractivity contribution in [3.05, 3.63) is 29.6 Å². The summed E-state index contributed by atoms with van der Waals surface area (Å²) < 4.78 is 12.3. The van der Waals surface area contributed by atoms with Gasteiger partial charge in [0.05, 0.1) is 20.3 Å². The first-order valence-electron chi connectivity index (χ1n) is 7.96. The Hall–Kier alpha value is -2.64. The zero-order valence-corrected chi connectivity index (χ0v) is 13.9. The number of hydrogen-bond acceptors (Lipinski definition) is 6. The van der Waals surface area contributed by atoms with Gasteiger partial charge < -0.3 is 14.8 Å². The minimum absolute atomic E-state index is 0.0281. The highest BCUT2D eigenvalue weighted by Gasteiger charge is 2.26. The van der Waals surface area contributed by atoms with Crippen molar-refractivity contribution >= 4 is 5.91 Å². The number of hydrogen-bond donors (Lipinski definition) is 1. The highest BCUT2D eigenvalue weighted by molar-refractivity contribution is 5.76. The average molecular weight is 331 g/mol. The molecule has 0 spiro atoms. The molecule has 1 amide bonds. The molecular formula is C16H21N5O3. The number of benzene rings is 1.